The number of anilines is 1. The molecule has 0 aliphatic carbocycles. The molecule has 6 nitrogen and oxygen atoms in total. The highest BCUT2D eigenvalue weighted by molar-refractivity contribution is 7.90. The highest BCUT2D eigenvalue weighted by Crippen LogP contribution is 2.37. The molecule has 0 saturated carbocycles. The minimum Gasteiger partial charge on any atom is -0.364 e. The topological polar surface area (TPSA) is 84.8 Å². The van der Waals surface area contributed by atoms with Crippen LogP contribution in [0.4, 0.5) is 10.2 Å². The van der Waals surface area contributed by atoms with Crippen molar-refractivity contribution >= 4 is 26.4 Å². The van der Waals surface area contributed by atoms with Crippen LogP contribution in [-0.4, -0.2) is 29.9 Å². The lowest BCUT2D eigenvalue weighted by Crippen LogP contribution is -2.06. The number of rotatable bonds is 6. The largest absolute Gasteiger partial charge is 0.364 e. The zero-order valence-electron chi connectivity index (χ0n) is 18.8. The van der Waals surface area contributed by atoms with Crippen molar-refractivity contribution in [1.82, 2.24) is 15.2 Å². The van der Waals surface area contributed by atoms with Crippen LogP contribution in [0.3, 0.4) is 0 Å². The van der Waals surface area contributed by atoms with Crippen LogP contribution in [0.15, 0.2) is 96.2 Å². The molecule has 2 heterocycles. The summed E-state index contributed by atoms with van der Waals surface area (Å²) in [5.41, 5.74) is 3.45. The van der Waals surface area contributed by atoms with E-state index in [0.717, 1.165) is 28.2 Å². The number of benzene rings is 3. The first-order valence-electron chi connectivity index (χ1n) is 10.9. The number of nitrogens with zero attached hydrogens (tertiary/aromatic N) is 3. The van der Waals surface area contributed by atoms with E-state index in [4.69, 9.17) is 0 Å². The molecule has 5 rings (SSSR count). The quantitative estimate of drug-likeness (QED) is 0.342. The van der Waals surface area contributed by atoms with Gasteiger partial charge in [0.05, 0.1) is 4.90 Å². The second kappa shape index (κ2) is 9.23. The summed E-state index contributed by atoms with van der Waals surface area (Å²) in [5, 5.41) is 13.7. The summed E-state index contributed by atoms with van der Waals surface area (Å²) >= 11 is 0. The first-order valence-corrected chi connectivity index (χ1v) is 12.8. The molecule has 0 amide bonds. The van der Waals surface area contributed by atoms with Crippen LogP contribution in [0.2, 0.25) is 0 Å². The third-order valence-electron chi connectivity index (χ3n) is 5.71. The van der Waals surface area contributed by atoms with Gasteiger partial charge in [0, 0.05) is 47.1 Å². The Balaban J connectivity index is 1.71. The van der Waals surface area contributed by atoms with Crippen molar-refractivity contribution < 1.29 is 12.8 Å². The Hall–Kier alpha value is -4.17. The van der Waals surface area contributed by atoms with Gasteiger partial charge < -0.3 is 5.32 Å². The molecule has 3 aromatic carbocycles. The van der Waals surface area contributed by atoms with Gasteiger partial charge >= 0.3 is 0 Å². The molecule has 0 aliphatic rings. The van der Waals surface area contributed by atoms with E-state index in [-0.39, 0.29) is 17.3 Å². The van der Waals surface area contributed by atoms with Crippen LogP contribution in [0, 0.1) is 5.82 Å². The van der Waals surface area contributed by atoms with Gasteiger partial charge in [0.15, 0.2) is 15.7 Å². The summed E-state index contributed by atoms with van der Waals surface area (Å²) < 4.78 is 38.4. The molecular formula is C27H21FN4O2S. The number of halogens is 1. The van der Waals surface area contributed by atoms with Gasteiger partial charge in [-0.2, -0.15) is 0 Å². The number of sulfone groups is 1. The van der Waals surface area contributed by atoms with Crippen LogP contribution >= 0.6 is 0 Å². The Bertz CT molecular complexity index is 1640. The van der Waals surface area contributed by atoms with Crippen LogP contribution in [-0.2, 0) is 16.4 Å². The first-order chi connectivity index (χ1) is 16.9. The highest BCUT2D eigenvalue weighted by Gasteiger charge is 2.17. The Kier molecular flexibility index (Phi) is 5.96. The maximum Gasteiger partial charge on any atom is 0.177 e. The maximum absolute atomic E-state index is 14.2. The van der Waals surface area contributed by atoms with E-state index in [0.29, 0.717) is 22.6 Å². The fourth-order valence-corrected chi connectivity index (χ4v) is 4.57. The van der Waals surface area contributed by atoms with Crippen molar-refractivity contribution in [3.8, 4) is 22.4 Å². The second-order valence-electron chi connectivity index (χ2n) is 8.12. The second-order valence-corrected chi connectivity index (χ2v) is 10.1. The van der Waals surface area contributed by atoms with Gasteiger partial charge in [0.1, 0.15) is 11.5 Å². The molecule has 1 N–H and O–H groups in total. The number of nitrogens with one attached hydrogen (secondary N) is 1. The number of fused-ring (bicyclic) bond motifs is 1. The summed E-state index contributed by atoms with van der Waals surface area (Å²) in [7, 11) is -3.45. The molecule has 5 aromatic rings. The molecule has 2 aromatic heterocycles. The molecule has 0 spiro atoms. The molecule has 0 aliphatic heterocycles. The van der Waals surface area contributed by atoms with Crippen LogP contribution < -0.4 is 5.32 Å². The summed E-state index contributed by atoms with van der Waals surface area (Å²) in [4.78, 5) is 4.22. The Labute approximate surface area is 202 Å². The predicted molar refractivity (Wildman–Crippen MR) is 135 cm³/mol. The normalized spacial score (nSPS) is 11.5. The van der Waals surface area contributed by atoms with Gasteiger partial charge in [-0.25, -0.2) is 12.8 Å². The first kappa shape index (κ1) is 22.6. The lowest BCUT2D eigenvalue weighted by Gasteiger charge is -2.15. The van der Waals surface area contributed by atoms with E-state index in [2.05, 4.69) is 20.5 Å². The average molecular weight is 485 g/mol. The van der Waals surface area contributed by atoms with E-state index in [1.54, 1.807) is 30.5 Å². The number of hydrogen-bond donors (Lipinski definition) is 1. The lowest BCUT2D eigenvalue weighted by atomic mass is 9.96. The van der Waals surface area contributed by atoms with Crippen molar-refractivity contribution in [3.05, 3.63) is 103 Å². The van der Waals surface area contributed by atoms with Crippen LogP contribution in [0.1, 0.15) is 5.56 Å². The van der Waals surface area contributed by atoms with Crippen molar-refractivity contribution in [2.75, 3.05) is 11.6 Å². The minimum absolute atomic E-state index is 0.103. The van der Waals surface area contributed by atoms with Gasteiger partial charge in [0.2, 0.25) is 0 Å². The summed E-state index contributed by atoms with van der Waals surface area (Å²) in [6.45, 7) is 0.226. The van der Waals surface area contributed by atoms with E-state index in [9.17, 15) is 12.8 Å². The van der Waals surface area contributed by atoms with Crippen LogP contribution in [0.25, 0.3) is 33.2 Å². The van der Waals surface area contributed by atoms with Gasteiger partial charge in [-0.1, -0.05) is 66.7 Å². The Morgan fingerprint density at radius 3 is 2.40 bits per heavy atom. The molecule has 35 heavy (non-hydrogen) atoms. The van der Waals surface area contributed by atoms with Crippen molar-refractivity contribution in [1.29, 1.82) is 0 Å². The summed E-state index contributed by atoms with van der Waals surface area (Å²) in [5.74, 6) is 0.194. The fraction of sp³-hybridized carbons (Fsp3) is 0.0741. The van der Waals surface area contributed by atoms with E-state index in [1.807, 2.05) is 48.5 Å². The lowest BCUT2D eigenvalue weighted by molar-refractivity contribution is 0.601. The Morgan fingerprint density at radius 1 is 0.857 bits per heavy atom. The van der Waals surface area contributed by atoms with Crippen LogP contribution in [0.5, 0.6) is 0 Å². The van der Waals surface area contributed by atoms with Gasteiger partial charge in [-0.15, -0.1) is 10.2 Å². The molecular weight excluding hydrogens is 463 g/mol. The SMILES string of the molecule is CS(=O)(=O)c1cncc(-c2nnc(NCc3ccccc3F)c3c(-c4ccccc4)cccc23)c1. The number of aromatic nitrogens is 3. The molecule has 0 fully saturated rings. The molecule has 0 saturated heterocycles. The van der Waals surface area contributed by atoms with Gasteiger partial charge in [-0.3, -0.25) is 4.98 Å². The van der Waals surface area contributed by atoms with Crippen molar-refractivity contribution in [3.63, 3.8) is 0 Å². The molecule has 0 bridgehead atoms. The smallest absolute Gasteiger partial charge is 0.177 e. The molecule has 174 valence electrons. The standard InChI is InChI=1S/C27H21FN4O2S/c1-35(33,34)21-14-20(15-29-17-21)26-23-12-7-11-22(18-8-3-2-4-9-18)25(23)27(32-31-26)30-16-19-10-5-6-13-24(19)28/h2-15,17H,16H2,1H3,(H,30,32). The third-order valence-corrected chi connectivity index (χ3v) is 6.79. The predicted octanol–water partition coefficient (Wildman–Crippen LogP) is 5.51. The third kappa shape index (κ3) is 4.61. The van der Waals surface area contributed by atoms with Gasteiger partial charge in [0.25, 0.3) is 0 Å². The zero-order valence-corrected chi connectivity index (χ0v) is 19.6. The van der Waals surface area contributed by atoms with Gasteiger partial charge in [-0.05, 0) is 23.3 Å². The Morgan fingerprint density at radius 2 is 1.63 bits per heavy atom. The number of hydrogen-bond acceptors (Lipinski definition) is 6. The zero-order chi connectivity index (χ0) is 24.4. The molecule has 0 atom stereocenters. The molecule has 0 unspecified atom stereocenters. The molecule has 0 radical (unpaired) electrons. The van der Waals surface area contributed by atoms with Crippen molar-refractivity contribution in [2.24, 2.45) is 0 Å². The monoisotopic (exact) mass is 484 g/mol. The maximum atomic E-state index is 14.2. The highest BCUT2D eigenvalue weighted by atomic mass is 32.2. The fourth-order valence-electron chi connectivity index (χ4n) is 3.98. The summed E-state index contributed by atoms with van der Waals surface area (Å²) in [6.07, 6.45) is 4.02. The van der Waals surface area contributed by atoms with E-state index in [1.165, 1.54) is 12.3 Å². The van der Waals surface area contributed by atoms with E-state index < -0.39 is 9.84 Å². The molecule has 8 heteroatoms. The number of pyridine rings is 1. The average Bonchev–Trinajstić information content (AvgIpc) is 2.88. The summed E-state index contributed by atoms with van der Waals surface area (Å²) in [6, 6.07) is 23.8. The minimum atomic E-state index is -3.45. The van der Waals surface area contributed by atoms with E-state index >= 15 is 0 Å². The van der Waals surface area contributed by atoms with Crippen molar-refractivity contribution in [2.45, 2.75) is 11.4 Å².